The van der Waals surface area contributed by atoms with Crippen LogP contribution < -0.4 is 4.74 Å². The van der Waals surface area contributed by atoms with Crippen LogP contribution in [0.5, 0.6) is 5.75 Å². The molecule has 0 amide bonds. The Kier molecular flexibility index (Phi) is 3.28. The van der Waals surface area contributed by atoms with Gasteiger partial charge in [-0.2, -0.15) is 0 Å². The number of methoxy groups -OCH3 is 1. The van der Waals surface area contributed by atoms with Crippen molar-refractivity contribution < 1.29 is 14.3 Å². The molecule has 1 aromatic carbocycles. The van der Waals surface area contributed by atoms with Gasteiger partial charge >= 0.3 is 5.97 Å². The Bertz CT molecular complexity index is 457. The fourth-order valence-electron chi connectivity index (χ4n) is 1.88. The molecule has 2 rings (SSSR count). The summed E-state index contributed by atoms with van der Waals surface area (Å²) in [5.41, 5.74) is 1.66. The van der Waals surface area contributed by atoms with Gasteiger partial charge in [-0.3, -0.25) is 0 Å². The van der Waals surface area contributed by atoms with Crippen LogP contribution in [0.15, 0.2) is 48.6 Å². The Morgan fingerprint density at radius 1 is 1.41 bits per heavy atom. The standard InChI is InChI=1S/C14H14O3/c1-3-12(13-8-9-17-14(13)15)10-4-6-11(16-2)7-5-10/h3-8,12H,1,9H2,2H3/t12-/m1/s1. The van der Waals surface area contributed by atoms with Gasteiger partial charge in [-0.15, -0.1) is 6.58 Å². The van der Waals surface area contributed by atoms with Gasteiger partial charge < -0.3 is 9.47 Å². The molecule has 0 spiro atoms. The van der Waals surface area contributed by atoms with Crippen LogP contribution in [-0.4, -0.2) is 19.7 Å². The second kappa shape index (κ2) is 4.87. The molecule has 0 fully saturated rings. The van der Waals surface area contributed by atoms with E-state index in [1.807, 2.05) is 24.3 Å². The van der Waals surface area contributed by atoms with E-state index in [9.17, 15) is 4.79 Å². The first-order valence-corrected chi connectivity index (χ1v) is 5.40. The van der Waals surface area contributed by atoms with Crippen LogP contribution in [0, 0.1) is 0 Å². The van der Waals surface area contributed by atoms with Crippen molar-refractivity contribution in [2.24, 2.45) is 0 Å². The van der Waals surface area contributed by atoms with Crippen LogP contribution in [0.4, 0.5) is 0 Å². The van der Waals surface area contributed by atoms with Crippen LogP contribution in [0.25, 0.3) is 0 Å². The van der Waals surface area contributed by atoms with Crippen molar-refractivity contribution in [3.05, 3.63) is 54.1 Å². The summed E-state index contributed by atoms with van der Waals surface area (Å²) in [7, 11) is 1.62. The first-order valence-electron chi connectivity index (χ1n) is 5.40. The summed E-state index contributed by atoms with van der Waals surface area (Å²) in [6.45, 7) is 4.13. The van der Waals surface area contributed by atoms with Gasteiger partial charge in [0.25, 0.3) is 0 Å². The number of hydrogen-bond donors (Lipinski definition) is 0. The largest absolute Gasteiger partial charge is 0.497 e. The van der Waals surface area contributed by atoms with Crippen molar-refractivity contribution in [1.82, 2.24) is 0 Å². The lowest BCUT2D eigenvalue weighted by Gasteiger charge is -2.12. The number of allylic oxidation sites excluding steroid dienone is 1. The molecule has 17 heavy (non-hydrogen) atoms. The number of hydrogen-bond acceptors (Lipinski definition) is 3. The monoisotopic (exact) mass is 230 g/mol. The van der Waals surface area contributed by atoms with E-state index in [0.717, 1.165) is 11.3 Å². The molecule has 0 saturated carbocycles. The average molecular weight is 230 g/mol. The molecule has 1 heterocycles. The molecule has 0 saturated heterocycles. The molecule has 0 bridgehead atoms. The van der Waals surface area contributed by atoms with Gasteiger partial charge in [-0.05, 0) is 23.8 Å². The van der Waals surface area contributed by atoms with Crippen LogP contribution in [0.3, 0.4) is 0 Å². The molecule has 0 aliphatic carbocycles. The predicted molar refractivity (Wildman–Crippen MR) is 65.0 cm³/mol. The summed E-state index contributed by atoms with van der Waals surface area (Å²) in [6.07, 6.45) is 3.55. The summed E-state index contributed by atoms with van der Waals surface area (Å²) in [4.78, 5) is 11.5. The van der Waals surface area contributed by atoms with E-state index in [-0.39, 0.29) is 11.9 Å². The van der Waals surface area contributed by atoms with Crippen LogP contribution in [-0.2, 0) is 9.53 Å². The highest BCUT2D eigenvalue weighted by Crippen LogP contribution is 2.29. The number of benzene rings is 1. The molecule has 1 atom stereocenters. The summed E-state index contributed by atoms with van der Waals surface area (Å²) >= 11 is 0. The van der Waals surface area contributed by atoms with Gasteiger partial charge in [0.1, 0.15) is 12.4 Å². The number of rotatable bonds is 4. The number of ether oxygens (including phenoxy) is 2. The summed E-state index contributed by atoms with van der Waals surface area (Å²) in [5.74, 6) is 0.418. The van der Waals surface area contributed by atoms with Crippen LogP contribution in [0.1, 0.15) is 11.5 Å². The van der Waals surface area contributed by atoms with Crippen molar-refractivity contribution >= 4 is 5.97 Å². The third-order valence-electron chi connectivity index (χ3n) is 2.80. The number of carbonyl (C=O) groups is 1. The molecule has 0 radical (unpaired) electrons. The molecular formula is C14H14O3. The van der Waals surface area contributed by atoms with Crippen molar-refractivity contribution in [3.8, 4) is 5.75 Å². The lowest BCUT2D eigenvalue weighted by molar-refractivity contribution is -0.136. The minimum atomic E-state index is -0.259. The quantitative estimate of drug-likeness (QED) is 0.588. The Labute approximate surface area is 100 Å². The molecular weight excluding hydrogens is 216 g/mol. The van der Waals surface area contributed by atoms with Gasteiger partial charge in [0.05, 0.1) is 7.11 Å². The Morgan fingerprint density at radius 3 is 2.59 bits per heavy atom. The molecule has 3 heteroatoms. The number of cyclic esters (lactones) is 1. The minimum absolute atomic E-state index is 0.115. The van der Waals surface area contributed by atoms with E-state index in [1.165, 1.54) is 0 Å². The maximum atomic E-state index is 11.5. The zero-order chi connectivity index (χ0) is 12.3. The molecule has 0 aromatic heterocycles. The van der Waals surface area contributed by atoms with Crippen molar-refractivity contribution in [1.29, 1.82) is 0 Å². The fourth-order valence-corrected chi connectivity index (χ4v) is 1.88. The molecule has 3 nitrogen and oxygen atoms in total. The van der Waals surface area contributed by atoms with Crippen LogP contribution in [0.2, 0.25) is 0 Å². The van der Waals surface area contributed by atoms with Gasteiger partial charge in [-0.25, -0.2) is 4.79 Å². The van der Waals surface area contributed by atoms with E-state index >= 15 is 0 Å². The molecule has 88 valence electrons. The van der Waals surface area contributed by atoms with Crippen molar-refractivity contribution in [3.63, 3.8) is 0 Å². The minimum Gasteiger partial charge on any atom is -0.497 e. The van der Waals surface area contributed by atoms with E-state index < -0.39 is 0 Å². The van der Waals surface area contributed by atoms with Gasteiger partial charge in [0.2, 0.25) is 0 Å². The second-order valence-corrected chi connectivity index (χ2v) is 3.74. The normalized spacial score (nSPS) is 16.1. The Balaban J connectivity index is 2.28. The molecule has 0 N–H and O–H groups in total. The van der Waals surface area contributed by atoms with E-state index in [2.05, 4.69) is 6.58 Å². The SMILES string of the molecule is C=C[C@@H](C1=CCOC1=O)c1ccc(OC)cc1. The Hall–Kier alpha value is -2.03. The predicted octanol–water partition coefficient (Wildman–Crippen LogP) is 2.45. The third-order valence-corrected chi connectivity index (χ3v) is 2.80. The highest BCUT2D eigenvalue weighted by atomic mass is 16.5. The zero-order valence-corrected chi connectivity index (χ0v) is 9.68. The Morgan fingerprint density at radius 2 is 2.12 bits per heavy atom. The molecule has 1 aliphatic rings. The fraction of sp³-hybridized carbons (Fsp3) is 0.214. The second-order valence-electron chi connectivity index (χ2n) is 3.74. The van der Waals surface area contributed by atoms with Crippen LogP contribution >= 0.6 is 0 Å². The molecule has 0 unspecified atom stereocenters. The summed E-state index contributed by atoms with van der Waals surface area (Å²) in [5, 5.41) is 0. The summed E-state index contributed by atoms with van der Waals surface area (Å²) in [6, 6.07) is 7.59. The lowest BCUT2D eigenvalue weighted by atomic mass is 9.91. The highest BCUT2D eigenvalue weighted by molar-refractivity contribution is 5.92. The topological polar surface area (TPSA) is 35.5 Å². The highest BCUT2D eigenvalue weighted by Gasteiger charge is 2.24. The maximum Gasteiger partial charge on any atom is 0.335 e. The average Bonchev–Trinajstić information content (AvgIpc) is 2.78. The molecule has 1 aromatic rings. The van der Waals surface area contributed by atoms with Gasteiger partial charge in [0.15, 0.2) is 0 Å². The summed E-state index contributed by atoms with van der Waals surface area (Å²) < 4.78 is 10.0. The number of esters is 1. The first-order chi connectivity index (χ1) is 8.26. The van der Waals surface area contributed by atoms with Gasteiger partial charge in [0, 0.05) is 11.5 Å². The van der Waals surface area contributed by atoms with Crippen molar-refractivity contribution in [2.75, 3.05) is 13.7 Å². The smallest absolute Gasteiger partial charge is 0.335 e. The van der Waals surface area contributed by atoms with Crippen molar-refractivity contribution in [2.45, 2.75) is 5.92 Å². The zero-order valence-electron chi connectivity index (χ0n) is 9.68. The third kappa shape index (κ3) is 2.23. The van der Waals surface area contributed by atoms with E-state index in [0.29, 0.717) is 12.2 Å². The number of carbonyl (C=O) groups excluding carboxylic acids is 1. The van der Waals surface area contributed by atoms with E-state index in [1.54, 1.807) is 19.3 Å². The maximum absolute atomic E-state index is 11.5. The lowest BCUT2D eigenvalue weighted by Crippen LogP contribution is -2.07. The molecule has 1 aliphatic heterocycles. The first kappa shape index (κ1) is 11.5. The van der Waals surface area contributed by atoms with Gasteiger partial charge in [-0.1, -0.05) is 18.2 Å². The van der Waals surface area contributed by atoms with E-state index in [4.69, 9.17) is 9.47 Å².